The van der Waals surface area contributed by atoms with Crippen LogP contribution in [-0.4, -0.2) is 35.9 Å². The number of hydrogen-bond acceptors (Lipinski definition) is 3. The Balaban J connectivity index is 2.19. The van der Waals surface area contributed by atoms with Gasteiger partial charge in [0.05, 0.1) is 11.1 Å². The quantitative estimate of drug-likeness (QED) is 0.793. The summed E-state index contributed by atoms with van der Waals surface area (Å²) < 4.78 is 81.8. The van der Waals surface area contributed by atoms with Gasteiger partial charge in [-0.25, -0.2) is 0 Å². The molecule has 1 unspecified atom stereocenters. The van der Waals surface area contributed by atoms with Gasteiger partial charge in [-0.3, -0.25) is 9.59 Å². The van der Waals surface area contributed by atoms with E-state index in [4.69, 9.17) is 10.5 Å². The molecule has 1 saturated heterocycles. The van der Waals surface area contributed by atoms with Crippen molar-refractivity contribution in [3.63, 3.8) is 0 Å². The highest BCUT2D eigenvalue weighted by atomic mass is 19.4. The van der Waals surface area contributed by atoms with Crippen LogP contribution in [0.1, 0.15) is 30.4 Å². The summed E-state index contributed by atoms with van der Waals surface area (Å²) in [6.45, 7) is -0.616. The largest absolute Gasteiger partial charge is 0.484 e. The maximum Gasteiger partial charge on any atom is 0.416 e. The van der Waals surface area contributed by atoms with Crippen LogP contribution in [0.15, 0.2) is 18.2 Å². The van der Waals surface area contributed by atoms with Crippen LogP contribution < -0.4 is 10.5 Å². The minimum absolute atomic E-state index is 0.0392. The van der Waals surface area contributed by atoms with Crippen LogP contribution in [0.3, 0.4) is 0 Å². The number of hydrogen-bond donors (Lipinski definition) is 1. The first-order valence-electron chi connectivity index (χ1n) is 7.90. The predicted molar refractivity (Wildman–Crippen MR) is 80.5 cm³/mol. The van der Waals surface area contributed by atoms with Crippen molar-refractivity contribution in [2.24, 2.45) is 5.73 Å². The average molecular weight is 398 g/mol. The molecule has 5 nitrogen and oxygen atoms in total. The molecule has 1 aromatic carbocycles. The lowest BCUT2D eigenvalue weighted by atomic mass is 10.0. The SMILES string of the molecule is NC(=O)C1CCCCN1C(=O)COc1cc(C(F)(F)F)cc(C(F)(F)F)c1. The van der Waals surface area contributed by atoms with E-state index in [1.165, 1.54) is 0 Å². The molecule has 2 N–H and O–H groups in total. The molecule has 0 spiro atoms. The Morgan fingerprint density at radius 3 is 2.07 bits per heavy atom. The Morgan fingerprint density at radius 2 is 1.59 bits per heavy atom. The van der Waals surface area contributed by atoms with Crippen molar-refractivity contribution in [3.05, 3.63) is 29.3 Å². The van der Waals surface area contributed by atoms with Gasteiger partial charge in [0.1, 0.15) is 11.8 Å². The van der Waals surface area contributed by atoms with E-state index in [2.05, 4.69) is 0 Å². The van der Waals surface area contributed by atoms with E-state index in [9.17, 15) is 35.9 Å². The van der Waals surface area contributed by atoms with Crippen molar-refractivity contribution >= 4 is 11.8 Å². The molecule has 1 aliphatic heterocycles. The van der Waals surface area contributed by atoms with Gasteiger partial charge in [0.15, 0.2) is 6.61 Å². The zero-order chi connectivity index (χ0) is 20.4. The smallest absolute Gasteiger partial charge is 0.416 e. The summed E-state index contributed by atoms with van der Waals surface area (Å²) in [5.41, 5.74) is 2.12. The molecule has 0 aromatic heterocycles. The molecule has 1 aliphatic rings. The number of carbonyl (C=O) groups excluding carboxylic acids is 2. The summed E-state index contributed by atoms with van der Waals surface area (Å²) >= 11 is 0. The van der Waals surface area contributed by atoms with Crippen molar-refractivity contribution < 1.29 is 40.7 Å². The number of ether oxygens (including phenoxy) is 1. The molecule has 0 aliphatic carbocycles. The molecular weight excluding hydrogens is 382 g/mol. The molecule has 2 rings (SSSR count). The first kappa shape index (κ1) is 20.8. The van der Waals surface area contributed by atoms with Crippen LogP contribution in [0.5, 0.6) is 5.75 Å². The van der Waals surface area contributed by atoms with Gasteiger partial charge in [0, 0.05) is 6.54 Å². The van der Waals surface area contributed by atoms with E-state index in [-0.39, 0.29) is 12.6 Å². The first-order chi connectivity index (χ1) is 12.4. The normalized spacial score (nSPS) is 18.3. The lowest BCUT2D eigenvalue weighted by Gasteiger charge is -2.33. The second kappa shape index (κ2) is 7.65. The van der Waals surface area contributed by atoms with Gasteiger partial charge in [0.25, 0.3) is 5.91 Å². The van der Waals surface area contributed by atoms with Crippen LogP contribution in [0.4, 0.5) is 26.3 Å². The molecule has 1 atom stereocenters. The van der Waals surface area contributed by atoms with Crippen LogP contribution in [-0.2, 0) is 21.9 Å². The van der Waals surface area contributed by atoms with Crippen LogP contribution >= 0.6 is 0 Å². The highest BCUT2D eigenvalue weighted by molar-refractivity contribution is 5.87. The molecule has 1 heterocycles. The molecule has 0 radical (unpaired) electrons. The van der Waals surface area contributed by atoms with Gasteiger partial charge >= 0.3 is 12.4 Å². The van der Waals surface area contributed by atoms with Crippen molar-refractivity contribution in [3.8, 4) is 5.75 Å². The van der Waals surface area contributed by atoms with Gasteiger partial charge in [-0.15, -0.1) is 0 Å². The van der Waals surface area contributed by atoms with Crippen LogP contribution in [0.25, 0.3) is 0 Å². The van der Waals surface area contributed by atoms with Gasteiger partial charge in [-0.2, -0.15) is 26.3 Å². The number of rotatable bonds is 4. The number of halogens is 6. The number of primary amides is 1. The summed E-state index contributed by atoms with van der Waals surface area (Å²) in [5.74, 6) is -2.23. The summed E-state index contributed by atoms with van der Waals surface area (Å²) in [5, 5.41) is 0. The van der Waals surface area contributed by atoms with Crippen molar-refractivity contribution in [1.29, 1.82) is 0 Å². The van der Waals surface area contributed by atoms with Crippen molar-refractivity contribution in [2.45, 2.75) is 37.7 Å². The number of nitrogens with zero attached hydrogens (tertiary/aromatic N) is 1. The number of likely N-dealkylation sites (tertiary alicyclic amines) is 1. The van der Waals surface area contributed by atoms with E-state index < -0.39 is 53.7 Å². The molecule has 11 heteroatoms. The maximum absolute atomic E-state index is 12.8. The van der Waals surface area contributed by atoms with Gasteiger partial charge in [-0.05, 0) is 37.5 Å². The van der Waals surface area contributed by atoms with Gasteiger partial charge < -0.3 is 15.4 Å². The highest BCUT2D eigenvalue weighted by Gasteiger charge is 2.37. The standard InChI is InChI=1S/C16H16F6N2O3/c17-15(18,19)9-5-10(16(20,21)22)7-11(6-9)27-8-13(25)24-4-2-1-3-12(24)14(23)26/h5-7,12H,1-4,8H2,(H2,23,26). The number of amides is 2. The third-order valence-electron chi connectivity index (χ3n) is 4.08. The van der Waals surface area contributed by atoms with Crippen LogP contribution in [0, 0.1) is 0 Å². The van der Waals surface area contributed by atoms with E-state index in [0.717, 1.165) is 4.90 Å². The second-order valence-corrected chi connectivity index (χ2v) is 6.03. The molecule has 150 valence electrons. The fourth-order valence-electron chi connectivity index (χ4n) is 2.76. The Labute approximate surface area is 150 Å². The number of alkyl halides is 6. The molecule has 0 saturated carbocycles. The highest BCUT2D eigenvalue weighted by Crippen LogP contribution is 2.38. The van der Waals surface area contributed by atoms with Crippen molar-refractivity contribution in [1.82, 2.24) is 4.90 Å². The average Bonchev–Trinajstić information content (AvgIpc) is 2.57. The first-order valence-corrected chi connectivity index (χ1v) is 7.90. The Hall–Kier alpha value is -2.46. The zero-order valence-electron chi connectivity index (χ0n) is 13.9. The number of piperidine rings is 1. The lowest BCUT2D eigenvalue weighted by molar-refractivity contribution is -0.143. The fraction of sp³-hybridized carbons (Fsp3) is 0.500. The third-order valence-corrected chi connectivity index (χ3v) is 4.08. The van der Waals surface area contributed by atoms with Crippen molar-refractivity contribution in [2.75, 3.05) is 13.2 Å². The molecule has 1 aromatic rings. The molecule has 0 bridgehead atoms. The summed E-state index contributed by atoms with van der Waals surface area (Å²) in [4.78, 5) is 24.7. The monoisotopic (exact) mass is 398 g/mol. The zero-order valence-corrected chi connectivity index (χ0v) is 13.9. The van der Waals surface area contributed by atoms with Crippen LogP contribution in [0.2, 0.25) is 0 Å². The number of nitrogens with two attached hydrogens (primary N) is 1. The molecular formula is C16H16F6N2O3. The summed E-state index contributed by atoms with van der Waals surface area (Å²) in [7, 11) is 0. The minimum Gasteiger partial charge on any atom is -0.484 e. The summed E-state index contributed by atoms with van der Waals surface area (Å²) in [6, 6.07) is -0.154. The number of carbonyl (C=O) groups is 2. The van der Waals surface area contributed by atoms with Gasteiger partial charge in [0.2, 0.25) is 5.91 Å². The van der Waals surface area contributed by atoms with Gasteiger partial charge in [-0.1, -0.05) is 0 Å². The summed E-state index contributed by atoms with van der Waals surface area (Å²) in [6.07, 6.45) is -8.44. The fourth-order valence-corrected chi connectivity index (χ4v) is 2.76. The van der Waals surface area contributed by atoms with E-state index >= 15 is 0 Å². The molecule has 27 heavy (non-hydrogen) atoms. The predicted octanol–water partition coefficient (Wildman–Crippen LogP) is 2.97. The van der Waals surface area contributed by atoms with E-state index in [1.54, 1.807) is 0 Å². The Morgan fingerprint density at radius 1 is 1.04 bits per heavy atom. The lowest BCUT2D eigenvalue weighted by Crippen LogP contribution is -2.51. The molecule has 2 amide bonds. The third kappa shape index (κ3) is 5.27. The minimum atomic E-state index is -5.02. The van der Waals surface area contributed by atoms with E-state index in [1.807, 2.05) is 0 Å². The topological polar surface area (TPSA) is 72.6 Å². The Kier molecular flexibility index (Phi) is 5.91. The Bertz CT molecular complexity index is 685. The second-order valence-electron chi connectivity index (χ2n) is 6.03. The van der Waals surface area contributed by atoms with E-state index in [0.29, 0.717) is 31.4 Å². The maximum atomic E-state index is 12.8. The molecule has 1 fully saturated rings. The number of benzene rings is 1.